The van der Waals surface area contributed by atoms with E-state index in [0.717, 1.165) is 24.2 Å². The highest BCUT2D eigenvalue weighted by molar-refractivity contribution is 6.01. The number of benzene rings is 1. The molecule has 1 amide bonds. The number of anilines is 1. The number of hydrogen-bond acceptors (Lipinski definition) is 6. The van der Waals surface area contributed by atoms with Crippen molar-refractivity contribution in [2.75, 3.05) is 11.4 Å². The zero-order chi connectivity index (χ0) is 21.4. The average molecular weight is 424 g/mol. The summed E-state index contributed by atoms with van der Waals surface area (Å²) in [5.74, 6) is -0.853. The first-order chi connectivity index (χ1) is 15.1. The van der Waals surface area contributed by atoms with Crippen LogP contribution in [0, 0.1) is 11.6 Å². The minimum atomic E-state index is -0.463. The summed E-state index contributed by atoms with van der Waals surface area (Å²) in [6, 6.07) is 6.95. The number of carbonyl (C=O) groups excluding carboxylic acids is 1. The second-order valence-corrected chi connectivity index (χ2v) is 7.30. The van der Waals surface area contributed by atoms with Crippen LogP contribution in [0.4, 0.5) is 14.5 Å². The molecule has 1 atom stereocenters. The van der Waals surface area contributed by atoms with Crippen LogP contribution in [0.15, 0.2) is 42.7 Å². The van der Waals surface area contributed by atoms with E-state index in [0.29, 0.717) is 35.4 Å². The van der Waals surface area contributed by atoms with Crippen LogP contribution in [0.5, 0.6) is 0 Å². The molecule has 11 heteroatoms. The van der Waals surface area contributed by atoms with E-state index < -0.39 is 11.6 Å². The van der Waals surface area contributed by atoms with Crippen LogP contribution < -0.4 is 10.2 Å². The van der Waals surface area contributed by atoms with Crippen LogP contribution in [0.25, 0.3) is 5.52 Å². The Bertz CT molecular complexity index is 1240. The molecule has 4 heterocycles. The maximum atomic E-state index is 14.4. The summed E-state index contributed by atoms with van der Waals surface area (Å²) in [5.41, 5.74) is 2.14. The van der Waals surface area contributed by atoms with E-state index in [9.17, 15) is 13.6 Å². The van der Waals surface area contributed by atoms with Gasteiger partial charge in [0.2, 0.25) is 0 Å². The lowest BCUT2D eigenvalue weighted by molar-refractivity contribution is 0.0951. The minimum Gasteiger partial charge on any atom is -0.364 e. The predicted octanol–water partition coefficient (Wildman–Crippen LogP) is 2.40. The Morgan fingerprint density at radius 1 is 1.26 bits per heavy atom. The molecule has 0 saturated carbocycles. The Hall–Kier alpha value is -3.89. The second-order valence-electron chi connectivity index (χ2n) is 7.30. The van der Waals surface area contributed by atoms with E-state index in [1.807, 2.05) is 17.0 Å². The van der Waals surface area contributed by atoms with Gasteiger partial charge >= 0.3 is 0 Å². The number of H-pyrrole nitrogens is 1. The van der Waals surface area contributed by atoms with Gasteiger partial charge in [0.15, 0.2) is 5.82 Å². The molecule has 0 aliphatic carbocycles. The molecule has 31 heavy (non-hydrogen) atoms. The van der Waals surface area contributed by atoms with Crippen LogP contribution in [0.2, 0.25) is 0 Å². The SMILES string of the molecule is O=C(NCc1nn[nH]n1)c1cnn2ccc(N3CCCC3c3cc(F)ccc3F)cc12. The molecule has 1 saturated heterocycles. The molecule has 1 unspecified atom stereocenters. The fourth-order valence-electron chi connectivity index (χ4n) is 4.00. The fourth-order valence-corrected chi connectivity index (χ4v) is 4.00. The van der Waals surface area contributed by atoms with Crippen molar-refractivity contribution in [2.45, 2.75) is 25.4 Å². The summed E-state index contributed by atoms with van der Waals surface area (Å²) >= 11 is 0. The van der Waals surface area contributed by atoms with Crippen molar-refractivity contribution in [1.29, 1.82) is 0 Å². The lowest BCUT2D eigenvalue weighted by atomic mass is 10.0. The Morgan fingerprint density at radius 3 is 3.00 bits per heavy atom. The number of hydrogen-bond donors (Lipinski definition) is 2. The first-order valence-corrected chi connectivity index (χ1v) is 9.79. The van der Waals surface area contributed by atoms with Gasteiger partial charge in [0.1, 0.15) is 11.6 Å². The molecular formula is C20H18F2N8O. The van der Waals surface area contributed by atoms with Crippen molar-refractivity contribution in [1.82, 2.24) is 35.6 Å². The lowest BCUT2D eigenvalue weighted by Gasteiger charge is -2.27. The summed E-state index contributed by atoms with van der Waals surface area (Å²) in [7, 11) is 0. The van der Waals surface area contributed by atoms with E-state index in [4.69, 9.17) is 0 Å². The number of fused-ring (bicyclic) bond motifs is 1. The summed E-state index contributed by atoms with van der Waals surface area (Å²) in [6.45, 7) is 0.823. The molecule has 5 rings (SSSR count). The van der Waals surface area contributed by atoms with Gasteiger partial charge in [-0.25, -0.2) is 13.3 Å². The Balaban J connectivity index is 1.44. The maximum absolute atomic E-state index is 14.4. The largest absolute Gasteiger partial charge is 0.364 e. The van der Waals surface area contributed by atoms with Crippen LogP contribution in [-0.2, 0) is 6.54 Å². The molecule has 158 valence electrons. The molecule has 1 aromatic carbocycles. The first kappa shape index (κ1) is 19.1. The third-order valence-electron chi connectivity index (χ3n) is 5.45. The number of aromatic amines is 1. The number of aromatic nitrogens is 6. The summed E-state index contributed by atoms with van der Waals surface area (Å²) in [4.78, 5) is 14.7. The fraction of sp³-hybridized carbons (Fsp3) is 0.250. The molecule has 1 fully saturated rings. The van der Waals surface area contributed by atoms with Crippen molar-refractivity contribution in [3.63, 3.8) is 0 Å². The number of halogens is 2. The number of nitrogens with one attached hydrogen (secondary N) is 2. The molecule has 2 N–H and O–H groups in total. The van der Waals surface area contributed by atoms with Crippen LogP contribution in [0.1, 0.15) is 40.6 Å². The molecule has 9 nitrogen and oxygen atoms in total. The van der Waals surface area contributed by atoms with Gasteiger partial charge in [-0.2, -0.15) is 10.3 Å². The van der Waals surface area contributed by atoms with Crippen molar-refractivity contribution in [3.8, 4) is 0 Å². The maximum Gasteiger partial charge on any atom is 0.255 e. The van der Waals surface area contributed by atoms with E-state index in [1.165, 1.54) is 12.3 Å². The Labute approximate surface area is 175 Å². The molecule has 1 aliphatic rings. The zero-order valence-electron chi connectivity index (χ0n) is 16.3. The third-order valence-corrected chi connectivity index (χ3v) is 5.45. The smallest absolute Gasteiger partial charge is 0.255 e. The molecule has 4 aromatic rings. The quantitative estimate of drug-likeness (QED) is 0.510. The summed E-state index contributed by atoms with van der Waals surface area (Å²) < 4.78 is 29.8. The van der Waals surface area contributed by atoms with Crippen LogP contribution in [-0.4, -0.2) is 42.7 Å². The van der Waals surface area contributed by atoms with Gasteiger partial charge < -0.3 is 10.2 Å². The van der Waals surface area contributed by atoms with E-state index >= 15 is 0 Å². The Morgan fingerprint density at radius 2 is 2.16 bits per heavy atom. The highest BCUT2D eigenvalue weighted by Gasteiger charge is 2.29. The molecular weight excluding hydrogens is 406 g/mol. The molecule has 1 aliphatic heterocycles. The van der Waals surface area contributed by atoms with Gasteiger partial charge in [-0.3, -0.25) is 4.79 Å². The molecule has 3 aromatic heterocycles. The van der Waals surface area contributed by atoms with Gasteiger partial charge in [0, 0.05) is 24.0 Å². The molecule has 0 radical (unpaired) electrons. The number of amides is 1. The number of rotatable bonds is 5. The number of pyridine rings is 1. The van der Waals surface area contributed by atoms with E-state index in [1.54, 1.807) is 10.7 Å². The zero-order valence-corrected chi connectivity index (χ0v) is 16.3. The van der Waals surface area contributed by atoms with Crippen molar-refractivity contribution < 1.29 is 13.6 Å². The minimum absolute atomic E-state index is 0.124. The highest BCUT2D eigenvalue weighted by atomic mass is 19.1. The second kappa shape index (κ2) is 7.74. The van der Waals surface area contributed by atoms with Crippen molar-refractivity contribution in [2.24, 2.45) is 0 Å². The topological polar surface area (TPSA) is 104 Å². The number of carbonyl (C=O) groups is 1. The van der Waals surface area contributed by atoms with Gasteiger partial charge in [-0.05, 0) is 43.2 Å². The van der Waals surface area contributed by atoms with Gasteiger partial charge in [-0.1, -0.05) is 5.21 Å². The number of tetrazole rings is 1. The monoisotopic (exact) mass is 424 g/mol. The van der Waals surface area contributed by atoms with E-state index in [2.05, 4.69) is 31.0 Å². The van der Waals surface area contributed by atoms with Crippen LogP contribution >= 0.6 is 0 Å². The van der Waals surface area contributed by atoms with Gasteiger partial charge in [0.05, 0.1) is 29.9 Å². The molecule has 0 bridgehead atoms. The highest BCUT2D eigenvalue weighted by Crippen LogP contribution is 2.38. The standard InChI is InChI=1S/C20H18F2N8O/c21-12-3-4-16(22)14(8-12)17-2-1-6-29(17)13-5-7-30-18(9-13)15(10-24-30)20(31)23-11-19-25-27-28-26-19/h3-5,7-10,17H,1-2,6,11H2,(H,23,31)(H,25,26,27,28). The summed E-state index contributed by atoms with van der Waals surface area (Å²) in [5, 5.41) is 20.4. The van der Waals surface area contributed by atoms with Gasteiger partial charge in [-0.15, -0.1) is 10.2 Å². The predicted molar refractivity (Wildman–Crippen MR) is 106 cm³/mol. The van der Waals surface area contributed by atoms with Crippen LogP contribution in [0.3, 0.4) is 0 Å². The lowest BCUT2D eigenvalue weighted by Crippen LogP contribution is -2.24. The van der Waals surface area contributed by atoms with Crippen molar-refractivity contribution >= 4 is 17.1 Å². The van der Waals surface area contributed by atoms with Gasteiger partial charge in [0.25, 0.3) is 5.91 Å². The average Bonchev–Trinajstić information content (AvgIpc) is 3.53. The normalized spacial score (nSPS) is 16.2. The Kier molecular flexibility index (Phi) is 4.77. The van der Waals surface area contributed by atoms with Crippen molar-refractivity contribution in [3.05, 3.63) is 71.3 Å². The summed E-state index contributed by atoms with van der Waals surface area (Å²) in [6.07, 6.45) is 4.79. The number of nitrogens with zero attached hydrogens (tertiary/aromatic N) is 6. The first-order valence-electron chi connectivity index (χ1n) is 9.79. The molecule has 0 spiro atoms. The van der Waals surface area contributed by atoms with E-state index in [-0.39, 0.29) is 18.5 Å². The third kappa shape index (κ3) is 3.58.